The number of aromatic nitrogens is 3. The van der Waals surface area contributed by atoms with Gasteiger partial charge in [-0.15, -0.1) is 5.10 Å². The minimum atomic E-state index is -0.194. The smallest absolute Gasteiger partial charge is 0.342 e. The van der Waals surface area contributed by atoms with Crippen LogP contribution in [0.1, 0.15) is 19.3 Å². The third kappa shape index (κ3) is 3.44. The van der Waals surface area contributed by atoms with E-state index in [1.165, 1.54) is 9.08 Å². The molecule has 0 bridgehead atoms. The first-order valence-electron chi connectivity index (χ1n) is 8.15. The summed E-state index contributed by atoms with van der Waals surface area (Å²) in [6.45, 7) is 2.89. The van der Waals surface area contributed by atoms with Gasteiger partial charge >= 0.3 is 5.69 Å². The molecule has 3 rings (SSSR count). The molecule has 1 N–H and O–H groups in total. The normalized spacial score (nSPS) is 18.5. The number of piperidine rings is 1. The maximum Gasteiger partial charge on any atom is 0.350 e. The Bertz CT molecular complexity index is 733. The van der Waals surface area contributed by atoms with Gasteiger partial charge in [0, 0.05) is 25.7 Å². The summed E-state index contributed by atoms with van der Waals surface area (Å²) < 4.78 is 2.87. The van der Waals surface area contributed by atoms with Gasteiger partial charge in [0.2, 0.25) is 5.91 Å². The van der Waals surface area contributed by atoms with Crippen LogP contribution < -0.4 is 11.0 Å². The van der Waals surface area contributed by atoms with Crippen molar-refractivity contribution in [2.24, 2.45) is 5.92 Å². The van der Waals surface area contributed by atoms with Crippen molar-refractivity contribution < 1.29 is 4.79 Å². The molecule has 0 aromatic carbocycles. The summed E-state index contributed by atoms with van der Waals surface area (Å²) in [6, 6.07) is 5.42. The minimum absolute atomic E-state index is 0.106. The van der Waals surface area contributed by atoms with E-state index in [4.69, 9.17) is 0 Å². The molecule has 7 nitrogen and oxygen atoms in total. The molecule has 2 aromatic rings. The highest BCUT2D eigenvalue weighted by Gasteiger charge is 2.23. The van der Waals surface area contributed by atoms with Gasteiger partial charge in [0.05, 0.1) is 6.54 Å². The van der Waals surface area contributed by atoms with E-state index in [1.807, 2.05) is 18.0 Å². The molecule has 1 aliphatic rings. The number of aryl methyl sites for hydroxylation is 1. The van der Waals surface area contributed by atoms with Gasteiger partial charge in [0.25, 0.3) is 0 Å². The fourth-order valence-corrected chi connectivity index (χ4v) is 3.22. The molecule has 23 heavy (non-hydrogen) atoms. The molecule has 1 atom stereocenters. The Labute approximate surface area is 134 Å². The van der Waals surface area contributed by atoms with Crippen LogP contribution in [0.2, 0.25) is 0 Å². The van der Waals surface area contributed by atoms with Crippen LogP contribution in [0.5, 0.6) is 0 Å². The number of nitrogens with zero attached hydrogens (tertiary/aromatic N) is 4. The standard InChI is InChI=1S/C16H23N5O2/c1-17-11-13-5-4-8-19(12-13)15(22)7-10-21-16(23)20-9-3-2-6-14(20)18-21/h2-3,6,9,13,17H,4-5,7-8,10-12H2,1H3. The molecular weight excluding hydrogens is 294 g/mol. The van der Waals surface area contributed by atoms with E-state index in [0.29, 0.717) is 24.5 Å². The lowest BCUT2D eigenvalue weighted by atomic mass is 9.98. The summed E-state index contributed by atoms with van der Waals surface area (Å²) in [4.78, 5) is 26.5. The Morgan fingerprint density at radius 3 is 3.09 bits per heavy atom. The lowest BCUT2D eigenvalue weighted by molar-refractivity contribution is -0.133. The van der Waals surface area contributed by atoms with Crippen molar-refractivity contribution in [1.29, 1.82) is 0 Å². The molecule has 7 heteroatoms. The number of pyridine rings is 1. The molecule has 1 aliphatic heterocycles. The highest BCUT2D eigenvalue weighted by molar-refractivity contribution is 5.76. The predicted molar refractivity (Wildman–Crippen MR) is 87.3 cm³/mol. The fraction of sp³-hybridized carbons (Fsp3) is 0.562. The summed E-state index contributed by atoms with van der Waals surface area (Å²) in [5, 5.41) is 7.44. The summed E-state index contributed by atoms with van der Waals surface area (Å²) in [6.07, 6.45) is 4.22. The van der Waals surface area contributed by atoms with Crippen LogP contribution in [0.4, 0.5) is 0 Å². The summed E-state index contributed by atoms with van der Waals surface area (Å²) >= 11 is 0. The van der Waals surface area contributed by atoms with Gasteiger partial charge < -0.3 is 10.2 Å². The van der Waals surface area contributed by atoms with E-state index in [2.05, 4.69) is 10.4 Å². The number of carbonyl (C=O) groups is 1. The number of nitrogens with one attached hydrogen (secondary N) is 1. The van der Waals surface area contributed by atoms with Gasteiger partial charge in [0.1, 0.15) is 0 Å². The van der Waals surface area contributed by atoms with Crippen molar-refractivity contribution in [2.45, 2.75) is 25.8 Å². The fourth-order valence-electron chi connectivity index (χ4n) is 3.22. The first-order chi connectivity index (χ1) is 11.2. The SMILES string of the molecule is CNCC1CCCN(C(=O)CCn2nc3ccccn3c2=O)C1. The van der Waals surface area contributed by atoms with Gasteiger partial charge in [-0.1, -0.05) is 6.07 Å². The number of likely N-dealkylation sites (tertiary alicyclic amines) is 1. The Morgan fingerprint density at radius 2 is 2.30 bits per heavy atom. The molecule has 0 saturated carbocycles. The van der Waals surface area contributed by atoms with E-state index in [9.17, 15) is 9.59 Å². The second-order valence-electron chi connectivity index (χ2n) is 6.09. The van der Waals surface area contributed by atoms with Crippen molar-refractivity contribution in [3.63, 3.8) is 0 Å². The Morgan fingerprint density at radius 1 is 1.43 bits per heavy atom. The lowest BCUT2D eigenvalue weighted by Gasteiger charge is -2.32. The van der Waals surface area contributed by atoms with Gasteiger partial charge in [0.15, 0.2) is 5.65 Å². The third-order valence-corrected chi connectivity index (χ3v) is 4.39. The monoisotopic (exact) mass is 317 g/mol. The molecule has 1 fully saturated rings. The van der Waals surface area contributed by atoms with E-state index in [0.717, 1.165) is 32.5 Å². The van der Waals surface area contributed by atoms with E-state index in [1.54, 1.807) is 18.3 Å². The highest BCUT2D eigenvalue weighted by atomic mass is 16.2. The lowest BCUT2D eigenvalue weighted by Crippen LogP contribution is -2.43. The van der Waals surface area contributed by atoms with Crippen LogP contribution in [0.3, 0.4) is 0 Å². The van der Waals surface area contributed by atoms with Crippen LogP contribution in [0, 0.1) is 5.92 Å². The maximum absolute atomic E-state index is 12.4. The van der Waals surface area contributed by atoms with E-state index in [-0.39, 0.29) is 11.6 Å². The number of hydrogen-bond donors (Lipinski definition) is 1. The van der Waals surface area contributed by atoms with Gasteiger partial charge in [-0.05, 0) is 44.5 Å². The Balaban J connectivity index is 1.62. The van der Waals surface area contributed by atoms with Crippen molar-refractivity contribution >= 4 is 11.6 Å². The zero-order valence-corrected chi connectivity index (χ0v) is 13.4. The predicted octanol–water partition coefficient (Wildman–Crippen LogP) is 0.344. The second-order valence-corrected chi connectivity index (χ2v) is 6.09. The van der Waals surface area contributed by atoms with E-state index >= 15 is 0 Å². The van der Waals surface area contributed by atoms with Crippen molar-refractivity contribution in [3.8, 4) is 0 Å². The van der Waals surface area contributed by atoms with Crippen molar-refractivity contribution in [2.75, 3.05) is 26.7 Å². The Hall–Kier alpha value is -2.15. The molecule has 3 heterocycles. The van der Waals surface area contributed by atoms with E-state index < -0.39 is 0 Å². The van der Waals surface area contributed by atoms with Crippen LogP contribution in [0.25, 0.3) is 5.65 Å². The Kier molecular flexibility index (Phi) is 4.76. The molecule has 0 aliphatic carbocycles. The maximum atomic E-state index is 12.4. The molecule has 0 spiro atoms. The highest BCUT2D eigenvalue weighted by Crippen LogP contribution is 2.16. The van der Waals surface area contributed by atoms with Gasteiger partial charge in [-0.2, -0.15) is 0 Å². The zero-order valence-electron chi connectivity index (χ0n) is 13.4. The number of rotatable bonds is 5. The molecule has 1 amide bonds. The molecule has 1 unspecified atom stereocenters. The molecule has 0 radical (unpaired) electrons. The molecular formula is C16H23N5O2. The number of hydrogen-bond acceptors (Lipinski definition) is 4. The zero-order chi connectivity index (χ0) is 16.2. The topological polar surface area (TPSA) is 71.6 Å². The summed E-state index contributed by atoms with van der Waals surface area (Å²) in [5.41, 5.74) is 0.414. The van der Waals surface area contributed by atoms with Crippen LogP contribution in [0.15, 0.2) is 29.2 Å². The first kappa shape index (κ1) is 15.7. The molecule has 1 saturated heterocycles. The van der Waals surface area contributed by atoms with Gasteiger partial charge in [-0.25, -0.2) is 9.48 Å². The van der Waals surface area contributed by atoms with Crippen molar-refractivity contribution in [3.05, 3.63) is 34.9 Å². The molecule has 2 aromatic heterocycles. The third-order valence-electron chi connectivity index (χ3n) is 4.39. The number of fused-ring (bicyclic) bond motifs is 1. The largest absolute Gasteiger partial charge is 0.350 e. The number of amides is 1. The minimum Gasteiger partial charge on any atom is -0.342 e. The second kappa shape index (κ2) is 6.95. The van der Waals surface area contributed by atoms with Crippen LogP contribution in [-0.4, -0.2) is 51.7 Å². The average molecular weight is 317 g/mol. The van der Waals surface area contributed by atoms with Crippen LogP contribution in [-0.2, 0) is 11.3 Å². The molecule has 124 valence electrons. The summed E-state index contributed by atoms with van der Waals surface area (Å²) in [5.74, 6) is 0.630. The quantitative estimate of drug-likeness (QED) is 0.863. The van der Waals surface area contributed by atoms with Crippen LogP contribution >= 0.6 is 0 Å². The first-order valence-corrected chi connectivity index (χ1v) is 8.15. The number of carbonyl (C=O) groups excluding carboxylic acids is 1. The van der Waals surface area contributed by atoms with Crippen molar-refractivity contribution in [1.82, 2.24) is 24.4 Å². The average Bonchev–Trinajstić information content (AvgIpc) is 2.90. The van der Waals surface area contributed by atoms with Gasteiger partial charge in [-0.3, -0.25) is 9.20 Å². The summed E-state index contributed by atoms with van der Waals surface area (Å²) in [7, 11) is 1.94.